The average Bonchev–Trinajstić information content (AvgIpc) is 2.65. The summed E-state index contributed by atoms with van der Waals surface area (Å²) in [7, 11) is -2.15. The van der Waals surface area contributed by atoms with E-state index in [1.807, 2.05) is 24.9 Å². The van der Waals surface area contributed by atoms with Gasteiger partial charge in [0.1, 0.15) is 0 Å². The van der Waals surface area contributed by atoms with Crippen LogP contribution in [0.25, 0.3) is 0 Å². The van der Waals surface area contributed by atoms with Crippen LogP contribution in [-0.4, -0.2) is 12.3 Å². The normalized spacial score (nSPS) is 49.8. The van der Waals surface area contributed by atoms with Crippen molar-refractivity contribution in [2.75, 3.05) is 6.66 Å². The topological polar surface area (TPSA) is 17.1 Å². The van der Waals surface area contributed by atoms with Gasteiger partial charge in [-0.05, 0) is 48.7 Å². The summed E-state index contributed by atoms with van der Waals surface area (Å²) in [5.74, 6) is 2.48. The van der Waals surface area contributed by atoms with Crippen LogP contribution in [0.15, 0.2) is 30.3 Å². The summed E-state index contributed by atoms with van der Waals surface area (Å²) in [6.45, 7) is 1.99. The fourth-order valence-electron chi connectivity index (χ4n) is 4.53. The molecule has 0 amide bonds. The van der Waals surface area contributed by atoms with E-state index in [4.69, 9.17) is 1.37 Å². The van der Waals surface area contributed by atoms with Gasteiger partial charge in [-0.25, -0.2) is 0 Å². The summed E-state index contributed by atoms with van der Waals surface area (Å²) in [5.41, 5.74) is 1.57. The molecule has 4 aliphatic rings. The smallest absolute Gasteiger partial charge is 0.0924 e. The molecule has 5 rings (SSSR count). The summed E-state index contributed by atoms with van der Waals surface area (Å²) >= 11 is 0. The van der Waals surface area contributed by atoms with Crippen molar-refractivity contribution in [2.24, 2.45) is 23.7 Å². The number of hydrogen-bond donors (Lipinski definition) is 0. The minimum Gasteiger partial charge on any atom is -0.323 e. The molecule has 4 fully saturated rings. The van der Waals surface area contributed by atoms with Crippen LogP contribution in [0.5, 0.6) is 0 Å². The molecule has 0 N–H and O–H groups in total. The first-order valence-electron chi connectivity index (χ1n) is 7.20. The zero-order valence-corrected chi connectivity index (χ0v) is 11.0. The lowest BCUT2D eigenvalue weighted by atomic mass is 10.1. The Labute approximate surface area is 104 Å². The third-order valence-corrected chi connectivity index (χ3v) is 8.09. The van der Waals surface area contributed by atoms with Gasteiger partial charge in [0.15, 0.2) is 0 Å². The Balaban J connectivity index is 1.60. The molecule has 0 heterocycles. The third kappa shape index (κ3) is 1.41. The van der Waals surface area contributed by atoms with Crippen molar-refractivity contribution in [3.8, 4) is 0 Å². The molecule has 2 heteroatoms. The van der Waals surface area contributed by atoms with Gasteiger partial charge in [0.25, 0.3) is 0 Å². The van der Waals surface area contributed by atoms with Gasteiger partial charge in [0.05, 0.1) is 7.14 Å². The van der Waals surface area contributed by atoms with Gasteiger partial charge < -0.3 is 4.57 Å². The van der Waals surface area contributed by atoms with E-state index in [-0.39, 0.29) is 6.40 Å². The van der Waals surface area contributed by atoms with Gasteiger partial charge in [-0.15, -0.1) is 0 Å². The van der Waals surface area contributed by atoms with Gasteiger partial charge in [-0.3, -0.25) is 0 Å². The van der Waals surface area contributed by atoms with E-state index in [0.29, 0.717) is 23.4 Å². The van der Waals surface area contributed by atoms with Crippen molar-refractivity contribution in [2.45, 2.75) is 24.6 Å². The van der Waals surface area contributed by atoms with Crippen molar-refractivity contribution < 1.29 is 5.94 Å². The van der Waals surface area contributed by atoms with E-state index in [0.717, 1.165) is 12.1 Å². The van der Waals surface area contributed by atoms with Crippen molar-refractivity contribution in [1.29, 1.82) is 0 Å². The fourth-order valence-corrected chi connectivity index (χ4v) is 7.86. The number of hydrogen-bond acceptors (Lipinski definition) is 1. The molecular formula is C15H19OP. The van der Waals surface area contributed by atoms with E-state index in [1.165, 1.54) is 12.0 Å². The molecule has 0 radical (unpaired) electrons. The van der Waals surface area contributed by atoms with Gasteiger partial charge in [-0.2, -0.15) is 0 Å². The minimum atomic E-state index is -2.15. The highest BCUT2D eigenvalue weighted by molar-refractivity contribution is 7.63. The predicted molar refractivity (Wildman–Crippen MR) is 70.7 cm³/mol. The van der Waals surface area contributed by atoms with Crippen LogP contribution >= 0.6 is 7.14 Å². The first-order valence-corrected chi connectivity index (χ1v) is 9.03. The number of benzene rings is 1. The van der Waals surface area contributed by atoms with Crippen molar-refractivity contribution in [1.82, 2.24) is 0 Å². The molecule has 4 bridgehead atoms. The van der Waals surface area contributed by atoms with E-state index in [9.17, 15) is 4.57 Å². The largest absolute Gasteiger partial charge is 0.323 e. The first kappa shape index (κ1) is 9.39. The van der Waals surface area contributed by atoms with E-state index < -0.39 is 7.14 Å². The van der Waals surface area contributed by atoms with Gasteiger partial charge in [0.2, 0.25) is 0 Å². The SMILES string of the molecule is [2H]C1C2CC3C1C3C2P(C)(=O)Cc1ccccc1. The molecule has 17 heavy (non-hydrogen) atoms. The monoisotopic (exact) mass is 247 g/mol. The highest BCUT2D eigenvalue weighted by atomic mass is 31.2. The molecule has 1 aromatic carbocycles. The molecule has 0 aliphatic heterocycles. The second-order valence-corrected chi connectivity index (χ2v) is 9.48. The first-order chi connectivity index (χ1) is 8.59. The Morgan fingerprint density at radius 1 is 1.35 bits per heavy atom. The molecule has 0 saturated heterocycles. The molecule has 1 nitrogen and oxygen atoms in total. The maximum Gasteiger partial charge on any atom is 0.0924 e. The van der Waals surface area contributed by atoms with Crippen LogP contribution in [0.3, 0.4) is 0 Å². The van der Waals surface area contributed by atoms with Crippen LogP contribution in [0, 0.1) is 23.7 Å². The van der Waals surface area contributed by atoms with Crippen LogP contribution in [-0.2, 0) is 10.7 Å². The Hall–Kier alpha value is -0.550. The van der Waals surface area contributed by atoms with Crippen molar-refractivity contribution in [3.63, 3.8) is 0 Å². The van der Waals surface area contributed by atoms with Crippen LogP contribution in [0.2, 0.25) is 0 Å². The molecule has 7 atom stereocenters. The second kappa shape index (κ2) is 3.26. The third-order valence-electron chi connectivity index (χ3n) is 5.11. The molecule has 0 aromatic heterocycles. The van der Waals surface area contributed by atoms with Crippen molar-refractivity contribution >= 4 is 7.14 Å². The minimum absolute atomic E-state index is 0.106. The quantitative estimate of drug-likeness (QED) is 0.742. The summed E-state index contributed by atoms with van der Waals surface area (Å²) in [5, 5.41) is 0. The Kier molecular flexibility index (Phi) is 1.80. The maximum atomic E-state index is 13.1. The summed E-state index contributed by atoms with van der Waals surface area (Å²) in [6.07, 6.45) is 2.03. The van der Waals surface area contributed by atoms with Crippen LogP contribution < -0.4 is 0 Å². The van der Waals surface area contributed by atoms with E-state index in [2.05, 4.69) is 12.1 Å². The lowest BCUT2D eigenvalue weighted by Gasteiger charge is -2.24. The molecule has 0 spiro atoms. The van der Waals surface area contributed by atoms with Crippen molar-refractivity contribution in [3.05, 3.63) is 35.9 Å². The molecule has 1 aromatic rings. The standard InChI is InChI=1S/C15H19OP/c1-17(16,9-10-5-3-2-4-6-10)15-11-7-12-13(8-11)14(12)15/h2-6,11-15H,7-9H2,1H3/i7D. The average molecular weight is 247 g/mol. The van der Waals surface area contributed by atoms with Crippen LogP contribution in [0.4, 0.5) is 0 Å². The maximum absolute atomic E-state index is 13.1. The molecular weight excluding hydrogens is 227 g/mol. The van der Waals surface area contributed by atoms with Gasteiger partial charge >= 0.3 is 0 Å². The lowest BCUT2D eigenvalue weighted by molar-refractivity contribution is 0.538. The zero-order chi connectivity index (χ0) is 12.5. The molecule has 4 aliphatic carbocycles. The Morgan fingerprint density at radius 2 is 2.12 bits per heavy atom. The van der Waals surface area contributed by atoms with E-state index in [1.54, 1.807) is 0 Å². The molecule has 7 unspecified atom stereocenters. The van der Waals surface area contributed by atoms with E-state index >= 15 is 0 Å². The van der Waals surface area contributed by atoms with Gasteiger partial charge in [-0.1, -0.05) is 30.3 Å². The van der Waals surface area contributed by atoms with Gasteiger partial charge in [0, 0.05) is 13.2 Å². The molecule has 90 valence electrons. The lowest BCUT2D eigenvalue weighted by Crippen LogP contribution is -2.13. The highest BCUT2D eigenvalue weighted by Gasteiger charge is 2.71. The summed E-state index contributed by atoms with van der Waals surface area (Å²) in [4.78, 5) is 0. The van der Waals surface area contributed by atoms with Crippen LogP contribution in [0.1, 0.15) is 19.8 Å². The summed E-state index contributed by atoms with van der Waals surface area (Å²) < 4.78 is 21.3. The molecule has 4 saturated carbocycles. The Bertz CT molecular complexity index is 529. The second-order valence-electron chi connectivity index (χ2n) is 6.22. The highest BCUT2D eigenvalue weighted by Crippen LogP contribution is 2.79. The zero-order valence-electron chi connectivity index (χ0n) is 11.1. The Morgan fingerprint density at radius 3 is 2.65 bits per heavy atom. The summed E-state index contributed by atoms with van der Waals surface area (Å²) in [6, 6.07) is 10.2. The predicted octanol–water partition coefficient (Wildman–Crippen LogP) is 3.83. The number of rotatable bonds is 3. The fraction of sp³-hybridized carbons (Fsp3) is 0.600.